The number of pyridine rings is 1. The van der Waals surface area contributed by atoms with Crippen molar-refractivity contribution in [3.63, 3.8) is 0 Å². The van der Waals surface area contributed by atoms with Crippen LogP contribution in [0, 0.1) is 12.7 Å². The van der Waals surface area contributed by atoms with E-state index in [0.717, 1.165) is 29.9 Å². The Morgan fingerprint density at radius 1 is 1.03 bits per heavy atom. The third kappa shape index (κ3) is 6.84. The number of halogens is 1. The van der Waals surface area contributed by atoms with Gasteiger partial charge in [0.15, 0.2) is 0 Å². The second kappa shape index (κ2) is 12.5. The van der Waals surface area contributed by atoms with Crippen LogP contribution in [-0.2, 0) is 0 Å². The number of nitrogens with zero attached hydrogens (tertiary/aromatic N) is 2. The van der Waals surface area contributed by atoms with Gasteiger partial charge in [-0.25, -0.2) is 9.18 Å². The molecule has 2 aromatic heterocycles. The van der Waals surface area contributed by atoms with Gasteiger partial charge in [0.25, 0.3) is 5.91 Å². The predicted molar refractivity (Wildman–Crippen MR) is 150 cm³/mol. The number of aromatic nitrogens is 1. The zero-order chi connectivity index (χ0) is 27.1. The molecular formula is C28H30FN5O3S. The summed E-state index contributed by atoms with van der Waals surface area (Å²) in [6.07, 6.45) is 1.64. The van der Waals surface area contributed by atoms with Crippen LogP contribution in [0.3, 0.4) is 0 Å². The summed E-state index contributed by atoms with van der Waals surface area (Å²) in [7, 11) is 0. The Hall–Kier alpha value is -4.02. The van der Waals surface area contributed by atoms with Gasteiger partial charge in [-0.3, -0.25) is 9.78 Å². The van der Waals surface area contributed by atoms with Gasteiger partial charge in [0.05, 0.1) is 20.8 Å². The largest absolute Gasteiger partial charge is 0.456 e. The van der Waals surface area contributed by atoms with Crippen molar-refractivity contribution in [3.8, 4) is 11.5 Å². The third-order valence-electron chi connectivity index (χ3n) is 5.92. The lowest BCUT2D eigenvalue weighted by molar-refractivity contribution is 0.0953. The van der Waals surface area contributed by atoms with Gasteiger partial charge >= 0.3 is 6.03 Å². The van der Waals surface area contributed by atoms with Crippen LogP contribution in [0.2, 0.25) is 0 Å². The molecule has 38 heavy (non-hydrogen) atoms. The Kier molecular flexibility index (Phi) is 8.88. The number of likely N-dealkylation sites (N-methyl/N-ethyl adjacent to an activating group) is 1. The van der Waals surface area contributed by atoms with E-state index >= 15 is 0 Å². The van der Waals surface area contributed by atoms with Crippen LogP contribution in [0.25, 0.3) is 10.2 Å². The van der Waals surface area contributed by atoms with Crippen LogP contribution in [-0.4, -0.2) is 48.0 Å². The van der Waals surface area contributed by atoms with Crippen molar-refractivity contribution in [2.75, 3.05) is 36.8 Å². The molecule has 10 heteroatoms. The Morgan fingerprint density at radius 3 is 2.53 bits per heavy atom. The van der Waals surface area contributed by atoms with Crippen molar-refractivity contribution < 1.29 is 18.7 Å². The first-order valence-corrected chi connectivity index (χ1v) is 13.2. The van der Waals surface area contributed by atoms with Crippen LogP contribution in [0.4, 0.5) is 20.6 Å². The highest BCUT2D eigenvalue weighted by atomic mass is 32.1. The Balaban J connectivity index is 1.38. The molecule has 2 aromatic carbocycles. The summed E-state index contributed by atoms with van der Waals surface area (Å²) in [6, 6.07) is 14.3. The fourth-order valence-electron chi connectivity index (χ4n) is 3.81. The van der Waals surface area contributed by atoms with Crippen LogP contribution < -0.4 is 20.7 Å². The normalized spacial score (nSPS) is 11.0. The summed E-state index contributed by atoms with van der Waals surface area (Å²) in [4.78, 5) is 32.2. The van der Waals surface area contributed by atoms with Gasteiger partial charge in [0, 0.05) is 31.0 Å². The lowest BCUT2D eigenvalue weighted by Crippen LogP contribution is -2.34. The van der Waals surface area contributed by atoms with E-state index in [-0.39, 0.29) is 11.6 Å². The van der Waals surface area contributed by atoms with Gasteiger partial charge in [0.1, 0.15) is 17.3 Å². The summed E-state index contributed by atoms with van der Waals surface area (Å²) < 4.78 is 20.7. The molecule has 0 aliphatic carbocycles. The van der Waals surface area contributed by atoms with Gasteiger partial charge in [-0.1, -0.05) is 19.9 Å². The molecule has 0 saturated carbocycles. The van der Waals surface area contributed by atoms with Crippen LogP contribution in [0.5, 0.6) is 11.5 Å². The molecule has 4 rings (SSSR count). The second-order valence-electron chi connectivity index (χ2n) is 8.61. The van der Waals surface area contributed by atoms with E-state index in [1.54, 1.807) is 54.7 Å². The van der Waals surface area contributed by atoms with Gasteiger partial charge in [-0.05, 0) is 68.0 Å². The van der Waals surface area contributed by atoms with Gasteiger partial charge in [-0.15, -0.1) is 11.3 Å². The van der Waals surface area contributed by atoms with Crippen LogP contribution >= 0.6 is 11.3 Å². The molecule has 0 spiro atoms. The molecule has 4 aromatic rings. The number of benzene rings is 2. The number of fused-ring (bicyclic) bond motifs is 1. The van der Waals surface area contributed by atoms with E-state index in [0.29, 0.717) is 34.1 Å². The first kappa shape index (κ1) is 27.0. The summed E-state index contributed by atoms with van der Waals surface area (Å²) in [5, 5.41) is 8.16. The van der Waals surface area contributed by atoms with E-state index in [2.05, 4.69) is 39.7 Å². The number of carbonyl (C=O) groups excluding carboxylic acids is 2. The maximum atomic E-state index is 13.9. The van der Waals surface area contributed by atoms with E-state index in [4.69, 9.17) is 4.74 Å². The fraction of sp³-hybridized carbons (Fsp3) is 0.250. The van der Waals surface area contributed by atoms with Gasteiger partial charge < -0.3 is 25.6 Å². The Morgan fingerprint density at radius 2 is 1.79 bits per heavy atom. The standard InChI is InChI=1S/C28H30FN5O3S/c1-4-34(5-2)15-14-31-27(35)25-17-23-26(38-25)24(12-13-30-23)37-20-9-7-19(8-10-20)32-28(36)33-22-16-18(3)6-11-21(22)29/h6-13,16-17H,4-5,14-15H2,1-3H3,(H,31,35)(H2,32,33,36). The minimum Gasteiger partial charge on any atom is -0.456 e. The van der Waals surface area contributed by atoms with Crippen molar-refractivity contribution in [2.45, 2.75) is 20.8 Å². The molecule has 0 radical (unpaired) electrons. The quantitative estimate of drug-likeness (QED) is 0.223. The number of ether oxygens (including phenoxy) is 1. The van der Waals surface area contributed by atoms with Gasteiger partial charge in [0.2, 0.25) is 0 Å². The molecule has 2 heterocycles. The number of hydrogen-bond acceptors (Lipinski definition) is 6. The number of amides is 3. The van der Waals surface area contributed by atoms with Crippen molar-refractivity contribution in [3.05, 3.63) is 77.1 Å². The number of urea groups is 1. The molecule has 0 atom stereocenters. The molecule has 198 valence electrons. The molecule has 0 unspecified atom stereocenters. The Labute approximate surface area is 224 Å². The molecule has 0 fully saturated rings. The highest BCUT2D eigenvalue weighted by Crippen LogP contribution is 2.35. The molecule has 3 amide bonds. The van der Waals surface area contributed by atoms with E-state index < -0.39 is 11.8 Å². The van der Waals surface area contributed by atoms with Crippen molar-refractivity contribution in [1.29, 1.82) is 0 Å². The number of anilines is 2. The number of rotatable bonds is 10. The Bertz CT molecular complexity index is 1420. The van der Waals surface area contributed by atoms with E-state index in [1.165, 1.54) is 17.4 Å². The topological polar surface area (TPSA) is 95.6 Å². The number of carbonyl (C=O) groups is 2. The monoisotopic (exact) mass is 535 g/mol. The highest BCUT2D eigenvalue weighted by Gasteiger charge is 2.15. The third-order valence-corrected chi connectivity index (χ3v) is 7.06. The SMILES string of the molecule is CCN(CC)CCNC(=O)c1cc2nccc(Oc3ccc(NC(=O)Nc4cc(C)ccc4F)cc3)c2s1. The number of hydrogen-bond donors (Lipinski definition) is 3. The van der Waals surface area contributed by atoms with Gasteiger partial charge in [-0.2, -0.15) is 0 Å². The van der Waals surface area contributed by atoms with E-state index in [1.807, 2.05) is 6.92 Å². The second-order valence-corrected chi connectivity index (χ2v) is 9.66. The summed E-state index contributed by atoms with van der Waals surface area (Å²) in [6.45, 7) is 9.27. The maximum absolute atomic E-state index is 13.9. The number of thiophene rings is 1. The molecule has 0 aliphatic heterocycles. The van der Waals surface area contributed by atoms with Crippen molar-refractivity contribution in [2.24, 2.45) is 0 Å². The summed E-state index contributed by atoms with van der Waals surface area (Å²) in [5.74, 6) is 0.486. The maximum Gasteiger partial charge on any atom is 0.323 e. The molecular weight excluding hydrogens is 505 g/mol. The minimum absolute atomic E-state index is 0.108. The molecule has 0 aliphatic rings. The highest BCUT2D eigenvalue weighted by molar-refractivity contribution is 7.21. The number of nitrogens with one attached hydrogen (secondary N) is 3. The molecule has 0 saturated heterocycles. The molecule has 8 nitrogen and oxygen atoms in total. The summed E-state index contributed by atoms with van der Waals surface area (Å²) in [5.41, 5.74) is 2.14. The minimum atomic E-state index is -0.555. The van der Waals surface area contributed by atoms with Crippen LogP contribution in [0.1, 0.15) is 29.1 Å². The molecule has 3 N–H and O–H groups in total. The van der Waals surface area contributed by atoms with Crippen molar-refractivity contribution >= 4 is 44.9 Å². The zero-order valence-corrected chi connectivity index (χ0v) is 22.3. The zero-order valence-electron chi connectivity index (χ0n) is 21.5. The average Bonchev–Trinajstić information content (AvgIpc) is 3.35. The average molecular weight is 536 g/mol. The molecule has 0 bridgehead atoms. The lowest BCUT2D eigenvalue weighted by Gasteiger charge is -2.17. The van der Waals surface area contributed by atoms with E-state index in [9.17, 15) is 14.0 Å². The predicted octanol–water partition coefficient (Wildman–Crippen LogP) is 6.25. The summed E-state index contributed by atoms with van der Waals surface area (Å²) >= 11 is 1.33. The first-order valence-electron chi connectivity index (χ1n) is 12.4. The first-order chi connectivity index (χ1) is 18.4. The van der Waals surface area contributed by atoms with Crippen LogP contribution in [0.15, 0.2) is 60.8 Å². The lowest BCUT2D eigenvalue weighted by atomic mass is 10.2. The smallest absolute Gasteiger partial charge is 0.323 e. The van der Waals surface area contributed by atoms with Crippen molar-refractivity contribution in [1.82, 2.24) is 15.2 Å². The number of aryl methyl sites for hydroxylation is 1. The fourth-order valence-corrected chi connectivity index (χ4v) is 4.80.